The van der Waals surface area contributed by atoms with Crippen LogP contribution in [0.3, 0.4) is 0 Å². The number of hydrogen-bond donors (Lipinski definition) is 1. The molecule has 1 saturated heterocycles. The van der Waals surface area contributed by atoms with Crippen LogP contribution in [0, 0.1) is 12.7 Å². The molecule has 2 aliphatic rings. The largest absolute Gasteiger partial charge is 0.378 e. The maximum atomic E-state index is 14.8. The highest BCUT2D eigenvalue weighted by atomic mass is 19.1. The Hall–Kier alpha value is -3.39. The highest BCUT2D eigenvalue weighted by molar-refractivity contribution is 5.91. The zero-order chi connectivity index (χ0) is 22.9. The van der Waals surface area contributed by atoms with Crippen molar-refractivity contribution >= 4 is 23.1 Å². The molecule has 1 fully saturated rings. The first kappa shape index (κ1) is 21.5. The smallest absolute Gasteiger partial charge is 0.322 e. The Morgan fingerprint density at radius 3 is 2.82 bits per heavy atom. The van der Waals surface area contributed by atoms with E-state index in [0.29, 0.717) is 26.3 Å². The van der Waals surface area contributed by atoms with Crippen LogP contribution in [0.4, 0.5) is 20.6 Å². The predicted molar refractivity (Wildman–Crippen MR) is 127 cm³/mol. The fourth-order valence-electron chi connectivity index (χ4n) is 4.50. The van der Waals surface area contributed by atoms with Crippen molar-refractivity contribution in [2.24, 2.45) is 0 Å². The van der Waals surface area contributed by atoms with Gasteiger partial charge in [-0.15, -0.1) is 0 Å². The Morgan fingerprint density at radius 2 is 2.06 bits per heavy atom. The fraction of sp³-hybridized carbons (Fsp3) is 0.360. The summed E-state index contributed by atoms with van der Waals surface area (Å²) >= 11 is 0. The van der Waals surface area contributed by atoms with E-state index >= 15 is 0 Å². The molecule has 2 aromatic heterocycles. The molecule has 2 aliphatic heterocycles. The molecule has 5 rings (SSSR count). The van der Waals surface area contributed by atoms with Crippen LogP contribution in [-0.4, -0.2) is 59.7 Å². The van der Waals surface area contributed by atoms with Gasteiger partial charge < -0.3 is 24.3 Å². The fourth-order valence-corrected chi connectivity index (χ4v) is 4.50. The van der Waals surface area contributed by atoms with Gasteiger partial charge in [-0.3, -0.25) is 0 Å². The Kier molecular flexibility index (Phi) is 5.76. The van der Waals surface area contributed by atoms with Gasteiger partial charge in [0.2, 0.25) is 0 Å². The molecule has 2 amide bonds. The van der Waals surface area contributed by atoms with E-state index in [2.05, 4.69) is 34.3 Å². The highest BCUT2D eigenvalue weighted by Crippen LogP contribution is 2.33. The van der Waals surface area contributed by atoms with Gasteiger partial charge in [0.15, 0.2) is 5.65 Å². The number of hydrogen-bond acceptors (Lipinski definition) is 4. The summed E-state index contributed by atoms with van der Waals surface area (Å²) in [5.74, 6) is -0.440. The molecule has 172 valence electrons. The van der Waals surface area contributed by atoms with Gasteiger partial charge in [-0.2, -0.15) is 0 Å². The van der Waals surface area contributed by atoms with Crippen LogP contribution in [0.25, 0.3) is 16.8 Å². The summed E-state index contributed by atoms with van der Waals surface area (Å²) in [6.07, 6.45) is 8.66. The molecule has 1 aromatic carbocycles. The molecule has 8 heteroatoms. The monoisotopic (exact) mass is 449 g/mol. The molecular weight excluding hydrogens is 421 g/mol. The topological polar surface area (TPSA) is 62.1 Å². The molecule has 1 N–H and O–H groups in total. The number of anilines is 2. The van der Waals surface area contributed by atoms with Gasteiger partial charge in [-0.1, -0.05) is 18.6 Å². The van der Waals surface area contributed by atoms with Gasteiger partial charge in [0.05, 0.1) is 24.6 Å². The lowest BCUT2D eigenvalue weighted by molar-refractivity contribution is 0.123. The lowest BCUT2D eigenvalue weighted by Gasteiger charge is -2.29. The average molecular weight is 450 g/mol. The minimum absolute atomic E-state index is 0.184. The van der Waals surface area contributed by atoms with Crippen LogP contribution in [0.15, 0.2) is 48.4 Å². The SMILES string of the molecule is CCC1=CCN(C(=O)Nc2cc(-c3cc(N4CCOCC4)c4nccn4c3)c(C)cc2F)C1. The van der Waals surface area contributed by atoms with E-state index < -0.39 is 5.82 Å². The number of amides is 2. The van der Waals surface area contributed by atoms with Crippen LogP contribution in [0.5, 0.6) is 0 Å². The molecule has 0 spiro atoms. The number of pyridine rings is 1. The zero-order valence-corrected chi connectivity index (χ0v) is 19.0. The summed E-state index contributed by atoms with van der Waals surface area (Å²) in [6.45, 7) is 8.02. The number of fused-ring (bicyclic) bond motifs is 1. The van der Waals surface area contributed by atoms with Gasteiger partial charge in [0.25, 0.3) is 0 Å². The van der Waals surface area contributed by atoms with Gasteiger partial charge in [0, 0.05) is 50.3 Å². The van der Waals surface area contributed by atoms with Crippen molar-refractivity contribution in [1.29, 1.82) is 0 Å². The van der Waals surface area contributed by atoms with E-state index in [1.165, 1.54) is 11.6 Å². The molecule has 0 saturated carbocycles. The first-order valence-corrected chi connectivity index (χ1v) is 11.4. The van der Waals surface area contributed by atoms with Crippen molar-refractivity contribution in [3.63, 3.8) is 0 Å². The normalized spacial score (nSPS) is 16.4. The number of nitrogens with zero attached hydrogens (tertiary/aromatic N) is 4. The first-order chi connectivity index (χ1) is 16.0. The van der Waals surface area contributed by atoms with Crippen LogP contribution in [0.2, 0.25) is 0 Å². The Labute approximate surface area is 192 Å². The van der Waals surface area contributed by atoms with E-state index in [1.54, 1.807) is 17.2 Å². The predicted octanol–water partition coefficient (Wildman–Crippen LogP) is 4.47. The van der Waals surface area contributed by atoms with E-state index in [1.807, 2.05) is 23.7 Å². The molecule has 0 bridgehead atoms. The number of urea groups is 1. The number of benzene rings is 1. The summed E-state index contributed by atoms with van der Waals surface area (Å²) in [5.41, 5.74) is 5.90. The van der Waals surface area contributed by atoms with Crippen molar-refractivity contribution in [2.75, 3.05) is 49.6 Å². The molecule has 0 atom stereocenters. The number of carbonyl (C=O) groups excluding carboxylic acids is 1. The molecule has 7 nitrogen and oxygen atoms in total. The zero-order valence-electron chi connectivity index (χ0n) is 19.0. The third kappa shape index (κ3) is 4.18. The second kappa shape index (κ2) is 8.86. The van der Waals surface area contributed by atoms with E-state index in [4.69, 9.17) is 4.74 Å². The second-order valence-electron chi connectivity index (χ2n) is 8.55. The number of aromatic nitrogens is 2. The number of morpholine rings is 1. The van der Waals surface area contributed by atoms with E-state index in [-0.39, 0.29) is 11.7 Å². The van der Waals surface area contributed by atoms with Crippen molar-refractivity contribution in [2.45, 2.75) is 20.3 Å². The second-order valence-corrected chi connectivity index (χ2v) is 8.55. The lowest BCUT2D eigenvalue weighted by Crippen LogP contribution is -2.36. The van der Waals surface area contributed by atoms with Crippen molar-refractivity contribution in [1.82, 2.24) is 14.3 Å². The van der Waals surface area contributed by atoms with E-state index in [9.17, 15) is 9.18 Å². The summed E-state index contributed by atoms with van der Waals surface area (Å²) in [7, 11) is 0. The molecule has 4 heterocycles. The van der Waals surface area contributed by atoms with Gasteiger partial charge in [-0.25, -0.2) is 14.2 Å². The Bertz CT molecular complexity index is 1230. The number of imidazole rings is 1. The van der Waals surface area contributed by atoms with Crippen LogP contribution < -0.4 is 10.2 Å². The molecule has 33 heavy (non-hydrogen) atoms. The number of rotatable bonds is 4. The molecule has 0 radical (unpaired) electrons. The summed E-state index contributed by atoms with van der Waals surface area (Å²) in [4.78, 5) is 21.2. The Balaban J connectivity index is 1.49. The lowest BCUT2D eigenvalue weighted by atomic mass is 10.00. The number of nitrogens with one attached hydrogen (secondary N) is 1. The first-order valence-electron chi connectivity index (χ1n) is 11.4. The minimum Gasteiger partial charge on any atom is -0.378 e. The molecule has 0 unspecified atom stereocenters. The van der Waals surface area contributed by atoms with Crippen LogP contribution in [-0.2, 0) is 4.74 Å². The standard InChI is InChI=1S/C25H28FN5O2/c1-3-18-4-6-31(15-18)25(32)28-22-14-20(17(2)12-21(22)26)19-13-23(29-8-10-33-11-9-29)24-27-5-7-30(24)16-19/h4-5,7,12-14,16H,3,6,8-11,15H2,1-2H3,(H,28,32). The number of aryl methyl sites for hydroxylation is 1. The van der Waals surface area contributed by atoms with Gasteiger partial charge in [-0.05, 0) is 42.7 Å². The maximum absolute atomic E-state index is 14.8. The van der Waals surface area contributed by atoms with Crippen molar-refractivity contribution in [3.8, 4) is 11.1 Å². The quantitative estimate of drug-likeness (QED) is 0.597. The minimum atomic E-state index is -0.440. The van der Waals surface area contributed by atoms with E-state index in [0.717, 1.165) is 47.5 Å². The third-order valence-corrected chi connectivity index (χ3v) is 6.42. The molecule has 3 aromatic rings. The van der Waals surface area contributed by atoms with Crippen molar-refractivity contribution < 1.29 is 13.9 Å². The third-order valence-electron chi connectivity index (χ3n) is 6.42. The molecular formula is C25H28FN5O2. The van der Waals surface area contributed by atoms with Gasteiger partial charge >= 0.3 is 6.03 Å². The summed E-state index contributed by atoms with van der Waals surface area (Å²) in [5, 5.41) is 2.78. The number of halogens is 1. The molecule has 0 aliphatic carbocycles. The van der Waals surface area contributed by atoms with Crippen molar-refractivity contribution in [3.05, 3.63) is 59.8 Å². The summed E-state index contributed by atoms with van der Waals surface area (Å²) < 4.78 is 22.3. The van der Waals surface area contributed by atoms with Crippen LogP contribution in [0.1, 0.15) is 18.9 Å². The summed E-state index contributed by atoms with van der Waals surface area (Å²) in [6, 6.07) is 5.02. The number of ether oxygens (including phenoxy) is 1. The number of carbonyl (C=O) groups is 1. The Morgan fingerprint density at radius 1 is 1.24 bits per heavy atom. The highest BCUT2D eigenvalue weighted by Gasteiger charge is 2.21. The van der Waals surface area contributed by atoms with Crippen LogP contribution >= 0.6 is 0 Å². The maximum Gasteiger partial charge on any atom is 0.322 e. The van der Waals surface area contributed by atoms with Gasteiger partial charge in [0.1, 0.15) is 5.82 Å². The average Bonchev–Trinajstić information content (AvgIpc) is 3.50.